The number of anilines is 1. The van der Waals surface area contributed by atoms with E-state index in [0.717, 1.165) is 28.1 Å². The van der Waals surface area contributed by atoms with Gasteiger partial charge in [0, 0.05) is 11.3 Å². The zero-order valence-corrected chi connectivity index (χ0v) is 12.8. The molecule has 2 heterocycles. The van der Waals surface area contributed by atoms with E-state index in [4.69, 9.17) is 9.78 Å². The van der Waals surface area contributed by atoms with E-state index in [-0.39, 0.29) is 12.3 Å². The number of rotatable bonds is 4. The summed E-state index contributed by atoms with van der Waals surface area (Å²) in [5.74, 6) is 1.19. The summed E-state index contributed by atoms with van der Waals surface area (Å²) in [6, 6.07) is 15.4. The van der Waals surface area contributed by atoms with Crippen molar-refractivity contribution in [2.45, 2.75) is 6.42 Å². The number of aromatic nitrogens is 2. The average Bonchev–Trinajstić information content (AvgIpc) is 3.24. The smallest absolute Gasteiger partial charge is 0.232 e. The van der Waals surface area contributed by atoms with Gasteiger partial charge in [0.2, 0.25) is 5.91 Å². The summed E-state index contributed by atoms with van der Waals surface area (Å²) in [6.45, 7) is 0.384. The molecule has 4 rings (SSSR count). The van der Waals surface area contributed by atoms with Gasteiger partial charge in [0.1, 0.15) is 18.2 Å². The van der Waals surface area contributed by atoms with E-state index in [9.17, 15) is 4.79 Å². The number of hydrogen-bond donors (Lipinski definition) is 2. The molecule has 0 fully saturated rings. The number of carbonyl (C=O) groups excluding carboxylic acids is 1. The van der Waals surface area contributed by atoms with Crippen LogP contribution in [0.2, 0.25) is 0 Å². The molecule has 2 aromatic carbocycles. The number of carbonyl (C=O) groups is 1. The summed E-state index contributed by atoms with van der Waals surface area (Å²) in [6.07, 6.45) is 1.90. The van der Waals surface area contributed by atoms with Gasteiger partial charge in [-0.15, -0.1) is 0 Å². The van der Waals surface area contributed by atoms with Crippen LogP contribution in [0.25, 0.3) is 22.4 Å². The molecule has 1 aliphatic rings. The number of H-pyrrole nitrogens is 1. The highest BCUT2D eigenvalue weighted by molar-refractivity contribution is 5.92. The maximum atomic E-state index is 11.9. The van der Waals surface area contributed by atoms with Crippen molar-refractivity contribution in [2.24, 2.45) is 0 Å². The molecule has 24 heavy (non-hydrogen) atoms. The molecule has 1 aromatic heterocycles. The van der Waals surface area contributed by atoms with Crippen molar-refractivity contribution >= 4 is 22.6 Å². The first-order valence-electron chi connectivity index (χ1n) is 7.61. The molecule has 0 bridgehead atoms. The fraction of sp³-hybridized carbons (Fsp3) is 0.111. The van der Waals surface area contributed by atoms with Gasteiger partial charge in [0.25, 0.3) is 0 Å². The van der Waals surface area contributed by atoms with Crippen LogP contribution in [0, 0.1) is 0 Å². The van der Waals surface area contributed by atoms with Gasteiger partial charge >= 0.3 is 0 Å². The number of amides is 1. The van der Waals surface area contributed by atoms with Crippen molar-refractivity contribution in [1.29, 1.82) is 0 Å². The van der Waals surface area contributed by atoms with Crippen LogP contribution in [0.5, 0.6) is 0 Å². The molecule has 6 heteroatoms. The van der Waals surface area contributed by atoms with Gasteiger partial charge in [-0.1, -0.05) is 12.1 Å². The predicted molar refractivity (Wildman–Crippen MR) is 89.9 cm³/mol. The lowest BCUT2D eigenvalue weighted by Crippen LogP contribution is -2.12. The molecule has 0 radical (unpaired) electrons. The second kappa shape index (κ2) is 6.17. The van der Waals surface area contributed by atoms with Crippen LogP contribution in [0.15, 0.2) is 60.4 Å². The lowest BCUT2D eigenvalue weighted by Gasteiger charge is -2.06. The standard InChI is InChI=1S/C18H15N3O3/c22-17(11-14-9-10-23-24-14)19-13-7-5-12(6-8-13)18-20-15-3-1-2-4-16(15)21-18/h1-9H,10-11H2,(H,19,22)(H,20,21). The predicted octanol–water partition coefficient (Wildman–Crippen LogP) is 3.40. The van der Waals surface area contributed by atoms with Crippen molar-refractivity contribution in [3.05, 3.63) is 60.4 Å². The van der Waals surface area contributed by atoms with Crippen LogP contribution >= 0.6 is 0 Å². The Morgan fingerprint density at radius 2 is 2.00 bits per heavy atom. The van der Waals surface area contributed by atoms with Crippen molar-refractivity contribution in [3.63, 3.8) is 0 Å². The Morgan fingerprint density at radius 3 is 2.75 bits per heavy atom. The van der Waals surface area contributed by atoms with E-state index in [2.05, 4.69) is 15.3 Å². The molecule has 0 aliphatic carbocycles. The molecular weight excluding hydrogens is 306 g/mol. The molecular formula is C18H15N3O3. The zero-order valence-electron chi connectivity index (χ0n) is 12.8. The summed E-state index contributed by atoms with van der Waals surface area (Å²) >= 11 is 0. The molecule has 120 valence electrons. The summed E-state index contributed by atoms with van der Waals surface area (Å²) in [5.41, 5.74) is 3.60. The molecule has 0 spiro atoms. The SMILES string of the molecule is O=C(CC1=CCOO1)Nc1ccc(-c2nc3ccccc3[nH]2)cc1. The number of para-hydroxylation sites is 2. The topological polar surface area (TPSA) is 76.2 Å². The number of nitrogens with zero attached hydrogens (tertiary/aromatic N) is 1. The van der Waals surface area contributed by atoms with Gasteiger partial charge in [0.15, 0.2) is 0 Å². The molecule has 0 saturated heterocycles. The van der Waals surface area contributed by atoms with Crippen LogP contribution in [0.1, 0.15) is 6.42 Å². The second-order valence-corrected chi connectivity index (χ2v) is 5.44. The van der Waals surface area contributed by atoms with E-state index >= 15 is 0 Å². The maximum absolute atomic E-state index is 11.9. The molecule has 0 atom stereocenters. The Kier molecular flexibility index (Phi) is 3.72. The van der Waals surface area contributed by atoms with E-state index in [1.54, 1.807) is 6.08 Å². The van der Waals surface area contributed by atoms with Gasteiger partial charge in [-0.05, 0) is 42.5 Å². The summed E-state index contributed by atoms with van der Waals surface area (Å²) < 4.78 is 0. The molecule has 1 aliphatic heterocycles. The number of benzene rings is 2. The quantitative estimate of drug-likeness (QED) is 0.722. The van der Waals surface area contributed by atoms with Crippen LogP contribution in [0.3, 0.4) is 0 Å². The van der Waals surface area contributed by atoms with E-state index in [1.807, 2.05) is 48.5 Å². The number of imidazole rings is 1. The lowest BCUT2D eigenvalue weighted by atomic mass is 10.2. The Bertz CT molecular complexity index is 880. The average molecular weight is 321 g/mol. The van der Waals surface area contributed by atoms with Crippen LogP contribution < -0.4 is 5.32 Å². The minimum absolute atomic E-state index is 0.150. The highest BCUT2D eigenvalue weighted by Crippen LogP contribution is 2.22. The number of nitrogens with one attached hydrogen (secondary N) is 2. The molecule has 6 nitrogen and oxygen atoms in total. The Labute approximate surface area is 138 Å². The minimum Gasteiger partial charge on any atom is -0.341 e. The normalized spacial score (nSPS) is 13.6. The van der Waals surface area contributed by atoms with Crippen molar-refractivity contribution in [1.82, 2.24) is 9.97 Å². The van der Waals surface area contributed by atoms with Crippen LogP contribution in [-0.2, 0) is 14.6 Å². The molecule has 3 aromatic rings. The van der Waals surface area contributed by atoms with E-state index in [1.165, 1.54) is 0 Å². The van der Waals surface area contributed by atoms with Gasteiger partial charge in [0.05, 0.1) is 17.5 Å². The third kappa shape index (κ3) is 3.00. The van der Waals surface area contributed by atoms with Crippen molar-refractivity contribution in [2.75, 3.05) is 11.9 Å². The van der Waals surface area contributed by atoms with Gasteiger partial charge in [-0.3, -0.25) is 4.79 Å². The second-order valence-electron chi connectivity index (χ2n) is 5.44. The lowest BCUT2D eigenvalue weighted by molar-refractivity contribution is -0.235. The zero-order chi connectivity index (χ0) is 16.4. The number of fused-ring (bicyclic) bond motifs is 1. The summed E-state index contributed by atoms with van der Waals surface area (Å²) in [5, 5.41) is 2.83. The highest BCUT2D eigenvalue weighted by atomic mass is 17.2. The Balaban J connectivity index is 1.47. The fourth-order valence-corrected chi connectivity index (χ4v) is 2.54. The Morgan fingerprint density at radius 1 is 1.17 bits per heavy atom. The minimum atomic E-state index is -0.150. The maximum Gasteiger partial charge on any atom is 0.232 e. The van der Waals surface area contributed by atoms with E-state index < -0.39 is 0 Å². The first kappa shape index (κ1) is 14.5. The van der Waals surface area contributed by atoms with Crippen LogP contribution in [-0.4, -0.2) is 22.5 Å². The van der Waals surface area contributed by atoms with Crippen molar-refractivity contribution < 1.29 is 14.6 Å². The number of aromatic amines is 1. The molecule has 0 unspecified atom stereocenters. The number of hydrogen-bond acceptors (Lipinski definition) is 4. The molecule has 2 N–H and O–H groups in total. The third-order valence-corrected chi connectivity index (χ3v) is 3.71. The van der Waals surface area contributed by atoms with Crippen LogP contribution in [0.4, 0.5) is 5.69 Å². The highest BCUT2D eigenvalue weighted by Gasteiger charge is 2.13. The third-order valence-electron chi connectivity index (χ3n) is 3.71. The van der Waals surface area contributed by atoms with Crippen molar-refractivity contribution in [3.8, 4) is 11.4 Å². The van der Waals surface area contributed by atoms with Gasteiger partial charge < -0.3 is 15.2 Å². The molecule has 1 amide bonds. The fourth-order valence-electron chi connectivity index (χ4n) is 2.54. The molecule has 0 saturated carbocycles. The summed E-state index contributed by atoms with van der Waals surface area (Å²) in [7, 11) is 0. The van der Waals surface area contributed by atoms with E-state index in [0.29, 0.717) is 12.4 Å². The monoisotopic (exact) mass is 321 g/mol. The van der Waals surface area contributed by atoms with Gasteiger partial charge in [-0.25, -0.2) is 4.98 Å². The largest absolute Gasteiger partial charge is 0.341 e. The van der Waals surface area contributed by atoms with Gasteiger partial charge in [-0.2, -0.15) is 4.89 Å². The first-order chi connectivity index (χ1) is 11.8. The summed E-state index contributed by atoms with van der Waals surface area (Å²) in [4.78, 5) is 29.3. The first-order valence-corrected chi connectivity index (χ1v) is 7.61. The Hall–Kier alpha value is -3.12.